The van der Waals surface area contributed by atoms with Crippen molar-refractivity contribution in [1.82, 2.24) is 9.55 Å². The zero-order chi connectivity index (χ0) is 23.8. The Bertz CT molecular complexity index is 1060. The summed E-state index contributed by atoms with van der Waals surface area (Å²) in [7, 11) is 0. The van der Waals surface area contributed by atoms with Crippen LogP contribution in [0.2, 0.25) is 0 Å². The van der Waals surface area contributed by atoms with E-state index in [9.17, 15) is 4.79 Å². The summed E-state index contributed by atoms with van der Waals surface area (Å²) in [4.78, 5) is 17.7. The summed E-state index contributed by atoms with van der Waals surface area (Å²) >= 11 is 0. The average Bonchev–Trinajstić information content (AvgIpc) is 3.21. The highest BCUT2D eigenvalue weighted by atomic mass is 16.1. The van der Waals surface area contributed by atoms with Gasteiger partial charge in [0, 0.05) is 18.7 Å². The van der Waals surface area contributed by atoms with Crippen molar-refractivity contribution in [2.24, 2.45) is 11.3 Å². The number of carbonyl (C=O) groups is 1. The van der Waals surface area contributed by atoms with Gasteiger partial charge in [-0.1, -0.05) is 87.5 Å². The molecule has 1 unspecified atom stereocenters. The maximum absolute atomic E-state index is 13.2. The maximum Gasteiger partial charge on any atom is 0.229 e. The van der Waals surface area contributed by atoms with Crippen LogP contribution in [0.5, 0.6) is 0 Å². The van der Waals surface area contributed by atoms with E-state index in [0.717, 1.165) is 31.4 Å². The number of benzene rings is 2. The molecule has 0 spiro atoms. The summed E-state index contributed by atoms with van der Waals surface area (Å²) < 4.78 is 2.01. The molecule has 3 aromatic rings. The molecule has 0 saturated heterocycles. The molecule has 1 aromatic heterocycles. The lowest BCUT2D eigenvalue weighted by Gasteiger charge is -2.26. The lowest BCUT2D eigenvalue weighted by molar-refractivity contribution is -0.120. The van der Waals surface area contributed by atoms with Gasteiger partial charge in [0.25, 0.3) is 0 Å². The van der Waals surface area contributed by atoms with Crippen molar-refractivity contribution in [3.63, 3.8) is 0 Å². The Morgan fingerprint density at radius 1 is 1.09 bits per heavy atom. The zero-order valence-electron chi connectivity index (χ0n) is 20.5. The molecule has 1 heterocycles. The molecule has 0 aliphatic rings. The molecule has 0 radical (unpaired) electrons. The van der Waals surface area contributed by atoms with Crippen LogP contribution in [0.4, 0.5) is 5.82 Å². The Morgan fingerprint density at radius 3 is 2.48 bits per heavy atom. The SMILES string of the molecule is C=C(CC(CCCc1ccccc1)C(=O)Nc1cn(Cc2ccccc2C)cn1)C(C)(C)C. The van der Waals surface area contributed by atoms with Crippen LogP contribution in [-0.4, -0.2) is 15.5 Å². The Morgan fingerprint density at radius 2 is 1.79 bits per heavy atom. The lowest BCUT2D eigenvalue weighted by Crippen LogP contribution is -2.25. The van der Waals surface area contributed by atoms with Crippen molar-refractivity contribution in [1.29, 1.82) is 0 Å². The van der Waals surface area contributed by atoms with Gasteiger partial charge >= 0.3 is 0 Å². The molecule has 0 fully saturated rings. The van der Waals surface area contributed by atoms with Gasteiger partial charge in [0.15, 0.2) is 5.82 Å². The molecule has 174 valence electrons. The molecule has 0 bridgehead atoms. The van der Waals surface area contributed by atoms with E-state index >= 15 is 0 Å². The van der Waals surface area contributed by atoms with Gasteiger partial charge in [0.2, 0.25) is 5.91 Å². The van der Waals surface area contributed by atoms with E-state index in [2.05, 4.69) is 81.0 Å². The molecule has 0 aliphatic carbocycles. The van der Waals surface area contributed by atoms with Crippen molar-refractivity contribution >= 4 is 11.7 Å². The number of nitrogens with one attached hydrogen (secondary N) is 1. The van der Waals surface area contributed by atoms with Crippen molar-refractivity contribution in [2.45, 2.75) is 59.9 Å². The van der Waals surface area contributed by atoms with Gasteiger partial charge < -0.3 is 9.88 Å². The van der Waals surface area contributed by atoms with Gasteiger partial charge in [0.05, 0.1) is 6.33 Å². The van der Waals surface area contributed by atoms with E-state index in [0.29, 0.717) is 12.2 Å². The fraction of sp³-hybridized carbons (Fsp3) is 0.379. The summed E-state index contributed by atoms with van der Waals surface area (Å²) in [6.07, 6.45) is 7.12. The summed E-state index contributed by atoms with van der Waals surface area (Å²) in [5.41, 5.74) is 4.88. The summed E-state index contributed by atoms with van der Waals surface area (Å²) in [5.74, 6) is 0.500. The molecule has 3 rings (SSSR count). The fourth-order valence-electron chi connectivity index (χ4n) is 3.85. The predicted octanol–water partition coefficient (Wildman–Crippen LogP) is 6.81. The quantitative estimate of drug-likeness (QED) is 0.350. The molecular weight excluding hydrogens is 406 g/mol. The predicted molar refractivity (Wildman–Crippen MR) is 137 cm³/mol. The molecule has 2 aromatic carbocycles. The number of hydrogen-bond donors (Lipinski definition) is 1. The lowest BCUT2D eigenvalue weighted by atomic mass is 9.80. The third-order valence-electron chi connectivity index (χ3n) is 6.28. The summed E-state index contributed by atoms with van der Waals surface area (Å²) in [6, 6.07) is 18.8. The number of aromatic nitrogens is 2. The summed E-state index contributed by atoms with van der Waals surface area (Å²) in [6.45, 7) is 13.6. The van der Waals surface area contributed by atoms with Gasteiger partial charge in [-0.05, 0) is 54.7 Å². The highest BCUT2D eigenvalue weighted by Gasteiger charge is 2.24. The Labute approximate surface area is 198 Å². The number of imidazole rings is 1. The van der Waals surface area contributed by atoms with E-state index < -0.39 is 0 Å². The molecular formula is C29H37N3O. The van der Waals surface area contributed by atoms with Gasteiger partial charge in [0.1, 0.15) is 0 Å². The molecule has 1 atom stereocenters. The van der Waals surface area contributed by atoms with E-state index in [4.69, 9.17) is 0 Å². The first-order valence-corrected chi connectivity index (χ1v) is 11.8. The van der Waals surface area contributed by atoms with Crippen LogP contribution in [0, 0.1) is 18.3 Å². The number of nitrogens with zero attached hydrogens (tertiary/aromatic N) is 2. The van der Waals surface area contributed by atoms with E-state index in [1.165, 1.54) is 16.7 Å². The Kier molecular flexibility index (Phi) is 8.26. The summed E-state index contributed by atoms with van der Waals surface area (Å²) in [5, 5.41) is 3.06. The molecule has 1 amide bonds. The average molecular weight is 444 g/mol. The number of allylic oxidation sites excluding steroid dienone is 1. The molecule has 4 nitrogen and oxygen atoms in total. The molecule has 33 heavy (non-hydrogen) atoms. The van der Waals surface area contributed by atoms with Crippen molar-refractivity contribution < 1.29 is 4.79 Å². The van der Waals surface area contributed by atoms with Crippen LogP contribution >= 0.6 is 0 Å². The first-order chi connectivity index (χ1) is 15.7. The van der Waals surface area contributed by atoms with Gasteiger partial charge in [-0.3, -0.25) is 4.79 Å². The molecule has 4 heteroatoms. The molecule has 0 aliphatic heterocycles. The van der Waals surface area contributed by atoms with Crippen LogP contribution in [0.1, 0.15) is 56.7 Å². The van der Waals surface area contributed by atoms with Crippen molar-refractivity contribution in [2.75, 3.05) is 5.32 Å². The van der Waals surface area contributed by atoms with Crippen molar-refractivity contribution in [3.05, 3.63) is 96.0 Å². The van der Waals surface area contributed by atoms with Crippen LogP contribution in [0.15, 0.2) is 79.3 Å². The first kappa shape index (κ1) is 24.5. The number of amides is 1. The normalized spacial score (nSPS) is 12.4. The number of hydrogen-bond acceptors (Lipinski definition) is 2. The van der Waals surface area contributed by atoms with Gasteiger partial charge in [-0.25, -0.2) is 4.98 Å². The fourth-order valence-corrected chi connectivity index (χ4v) is 3.85. The van der Waals surface area contributed by atoms with Gasteiger partial charge in [-0.15, -0.1) is 0 Å². The zero-order valence-corrected chi connectivity index (χ0v) is 20.5. The van der Waals surface area contributed by atoms with Gasteiger partial charge in [-0.2, -0.15) is 0 Å². The number of aryl methyl sites for hydroxylation is 2. The monoisotopic (exact) mass is 443 g/mol. The van der Waals surface area contributed by atoms with Crippen LogP contribution in [0.3, 0.4) is 0 Å². The second kappa shape index (κ2) is 11.1. The minimum absolute atomic E-state index is 0.0208. The standard InChI is InChI=1S/C29H37N3O/c1-22-12-9-10-16-26(22)19-32-20-27(30-21-32)31-28(33)25(18-23(2)29(3,4)5)17-11-15-24-13-7-6-8-14-24/h6-10,12-14,16,20-21,25H,2,11,15,17-19H2,1,3-5H3,(H,31,33). The number of carbonyl (C=O) groups excluding carboxylic acids is 1. The second-order valence-electron chi connectivity index (χ2n) is 9.98. The number of rotatable bonds is 10. The topological polar surface area (TPSA) is 46.9 Å². The largest absolute Gasteiger partial charge is 0.331 e. The van der Waals surface area contributed by atoms with E-state index in [1.807, 2.05) is 29.0 Å². The molecule has 1 N–H and O–H groups in total. The van der Waals surface area contributed by atoms with Crippen LogP contribution in [-0.2, 0) is 17.8 Å². The highest BCUT2D eigenvalue weighted by molar-refractivity contribution is 5.91. The minimum atomic E-state index is -0.123. The third kappa shape index (κ3) is 7.45. The van der Waals surface area contributed by atoms with Crippen LogP contribution < -0.4 is 5.32 Å². The maximum atomic E-state index is 13.2. The molecule has 0 saturated carbocycles. The Balaban J connectivity index is 1.64. The minimum Gasteiger partial charge on any atom is -0.331 e. The van der Waals surface area contributed by atoms with Crippen molar-refractivity contribution in [3.8, 4) is 0 Å². The smallest absolute Gasteiger partial charge is 0.229 e. The van der Waals surface area contributed by atoms with E-state index in [1.54, 1.807) is 6.33 Å². The third-order valence-corrected chi connectivity index (χ3v) is 6.28. The van der Waals surface area contributed by atoms with Crippen LogP contribution in [0.25, 0.3) is 0 Å². The highest BCUT2D eigenvalue weighted by Crippen LogP contribution is 2.31. The Hall–Kier alpha value is -3.14. The number of anilines is 1. The van der Waals surface area contributed by atoms with E-state index in [-0.39, 0.29) is 17.2 Å². The second-order valence-corrected chi connectivity index (χ2v) is 9.98. The first-order valence-electron chi connectivity index (χ1n) is 11.8.